The van der Waals surface area contributed by atoms with Crippen molar-refractivity contribution in [3.05, 3.63) is 71.8 Å². The molecule has 19 heavy (non-hydrogen) atoms. The topological polar surface area (TPSA) is 17.1 Å². The van der Waals surface area contributed by atoms with E-state index in [1.807, 2.05) is 36.4 Å². The summed E-state index contributed by atoms with van der Waals surface area (Å²) < 4.78 is 0. The average molecular weight is 252 g/mol. The molecule has 2 rings (SSSR count). The van der Waals surface area contributed by atoms with Crippen LogP contribution in [0.15, 0.2) is 60.7 Å². The average Bonchev–Trinajstić information content (AvgIpc) is 2.46. The maximum absolute atomic E-state index is 12.3. The van der Waals surface area contributed by atoms with Gasteiger partial charge in [-0.15, -0.1) is 0 Å². The molecule has 0 bridgehead atoms. The molecule has 0 saturated carbocycles. The van der Waals surface area contributed by atoms with Crippen LogP contribution in [0, 0.1) is 0 Å². The third kappa shape index (κ3) is 2.76. The highest BCUT2D eigenvalue weighted by atomic mass is 16.1. The van der Waals surface area contributed by atoms with E-state index < -0.39 is 5.41 Å². The minimum atomic E-state index is -0.400. The molecule has 0 aliphatic heterocycles. The fourth-order valence-corrected chi connectivity index (χ4v) is 2.71. The highest BCUT2D eigenvalue weighted by Crippen LogP contribution is 2.33. The van der Waals surface area contributed by atoms with E-state index in [1.54, 1.807) is 6.92 Å². The van der Waals surface area contributed by atoms with Crippen molar-refractivity contribution in [1.29, 1.82) is 0 Å². The van der Waals surface area contributed by atoms with Gasteiger partial charge in [-0.05, 0) is 30.9 Å². The van der Waals surface area contributed by atoms with Crippen molar-refractivity contribution in [2.45, 2.75) is 32.1 Å². The summed E-state index contributed by atoms with van der Waals surface area (Å²) in [7, 11) is 0. The quantitative estimate of drug-likeness (QED) is 0.780. The molecule has 0 N–H and O–H groups in total. The SMILES string of the molecule is CC[C@@](Cc1ccccc1)(C(C)=O)c1ccccc1. The van der Waals surface area contributed by atoms with Crippen LogP contribution in [0.25, 0.3) is 0 Å². The first-order valence-electron chi connectivity index (χ1n) is 6.79. The van der Waals surface area contributed by atoms with Crippen LogP contribution in [0.1, 0.15) is 31.4 Å². The molecule has 98 valence electrons. The number of rotatable bonds is 5. The number of hydrogen-bond donors (Lipinski definition) is 0. The molecule has 0 amide bonds. The normalized spacial score (nSPS) is 13.8. The molecule has 0 fully saturated rings. The molecule has 0 aliphatic rings. The van der Waals surface area contributed by atoms with Gasteiger partial charge in [-0.2, -0.15) is 0 Å². The largest absolute Gasteiger partial charge is 0.299 e. The maximum atomic E-state index is 12.3. The van der Waals surface area contributed by atoms with Gasteiger partial charge in [0.15, 0.2) is 0 Å². The second-order valence-electron chi connectivity index (χ2n) is 5.02. The van der Waals surface area contributed by atoms with Crippen LogP contribution in [-0.2, 0) is 16.6 Å². The predicted octanol–water partition coefficient (Wildman–Crippen LogP) is 4.17. The van der Waals surface area contributed by atoms with E-state index in [-0.39, 0.29) is 5.78 Å². The van der Waals surface area contributed by atoms with Crippen molar-refractivity contribution in [2.75, 3.05) is 0 Å². The first-order chi connectivity index (χ1) is 9.19. The number of hydrogen-bond acceptors (Lipinski definition) is 1. The molecular formula is C18H20O. The van der Waals surface area contributed by atoms with Gasteiger partial charge in [-0.25, -0.2) is 0 Å². The van der Waals surface area contributed by atoms with Crippen LogP contribution in [0.2, 0.25) is 0 Å². The Kier molecular flexibility index (Phi) is 4.16. The Morgan fingerprint density at radius 3 is 1.95 bits per heavy atom. The Bertz CT molecular complexity index is 530. The van der Waals surface area contributed by atoms with Crippen LogP contribution >= 0.6 is 0 Å². The monoisotopic (exact) mass is 252 g/mol. The number of Topliss-reactive ketones (excluding diaryl/α,β-unsaturated/α-hetero) is 1. The number of carbonyl (C=O) groups excluding carboxylic acids is 1. The van der Waals surface area contributed by atoms with Gasteiger partial charge in [0.05, 0.1) is 5.41 Å². The number of carbonyl (C=O) groups is 1. The highest BCUT2D eigenvalue weighted by Gasteiger charge is 2.35. The number of ketones is 1. The van der Waals surface area contributed by atoms with Gasteiger partial charge in [0.25, 0.3) is 0 Å². The van der Waals surface area contributed by atoms with Crippen LogP contribution in [0.4, 0.5) is 0 Å². The van der Waals surface area contributed by atoms with Crippen molar-refractivity contribution < 1.29 is 4.79 Å². The number of benzene rings is 2. The summed E-state index contributed by atoms with van der Waals surface area (Å²) >= 11 is 0. The van der Waals surface area contributed by atoms with Gasteiger partial charge in [-0.1, -0.05) is 67.6 Å². The molecule has 0 aliphatic carbocycles. The first-order valence-corrected chi connectivity index (χ1v) is 6.79. The third-order valence-corrected chi connectivity index (χ3v) is 3.95. The summed E-state index contributed by atoms with van der Waals surface area (Å²) in [4.78, 5) is 12.3. The van der Waals surface area contributed by atoms with Crippen LogP contribution < -0.4 is 0 Å². The van der Waals surface area contributed by atoms with Crippen molar-refractivity contribution in [2.24, 2.45) is 0 Å². The van der Waals surface area contributed by atoms with Crippen LogP contribution in [0.3, 0.4) is 0 Å². The molecule has 0 radical (unpaired) electrons. The smallest absolute Gasteiger partial charge is 0.140 e. The zero-order valence-electron chi connectivity index (χ0n) is 11.6. The minimum Gasteiger partial charge on any atom is -0.299 e. The Labute approximate surface area is 115 Å². The van der Waals surface area contributed by atoms with Gasteiger partial charge >= 0.3 is 0 Å². The molecular weight excluding hydrogens is 232 g/mol. The Morgan fingerprint density at radius 2 is 1.47 bits per heavy atom. The molecule has 2 aromatic carbocycles. The fraction of sp³-hybridized carbons (Fsp3) is 0.278. The second-order valence-corrected chi connectivity index (χ2v) is 5.02. The zero-order valence-corrected chi connectivity index (χ0v) is 11.6. The Hall–Kier alpha value is -1.89. The van der Waals surface area contributed by atoms with Crippen molar-refractivity contribution in [3.8, 4) is 0 Å². The van der Waals surface area contributed by atoms with E-state index in [4.69, 9.17) is 0 Å². The van der Waals surface area contributed by atoms with E-state index >= 15 is 0 Å². The summed E-state index contributed by atoms with van der Waals surface area (Å²) in [6.45, 7) is 3.80. The van der Waals surface area contributed by atoms with Gasteiger partial charge in [0, 0.05) is 0 Å². The Balaban J connectivity index is 2.44. The van der Waals surface area contributed by atoms with Crippen molar-refractivity contribution in [1.82, 2.24) is 0 Å². The summed E-state index contributed by atoms with van der Waals surface area (Å²) in [5.74, 6) is 0.241. The molecule has 0 spiro atoms. The highest BCUT2D eigenvalue weighted by molar-refractivity contribution is 5.88. The summed E-state index contributed by atoms with van der Waals surface area (Å²) in [6, 6.07) is 20.4. The molecule has 2 aromatic rings. The van der Waals surface area contributed by atoms with E-state index in [9.17, 15) is 4.79 Å². The van der Waals surface area contributed by atoms with Crippen LogP contribution in [0.5, 0.6) is 0 Å². The minimum absolute atomic E-state index is 0.241. The van der Waals surface area contributed by atoms with Gasteiger partial charge in [0.2, 0.25) is 0 Å². The summed E-state index contributed by atoms with van der Waals surface area (Å²) in [5, 5.41) is 0. The Morgan fingerprint density at radius 1 is 0.947 bits per heavy atom. The molecule has 0 unspecified atom stereocenters. The first kappa shape index (κ1) is 13.5. The van der Waals surface area contributed by atoms with E-state index in [2.05, 4.69) is 31.2 Å². The van der Waals surface area contributed by atoms with Crippen molar-refractivity contribution in [3.63, 3.8) is 0 Å². The lowest BCUT2D eigenvalue weighted by molar-refractivity contribution is -0.122. The molecule has 0 heterocycles. The van der Waals surface area contributed by atoms with Gasteiger partial charge in [0.1, 0.15) is 5.78 Å². The van der Waals surface area contributed by atoms with Crippen molar-refractivity contribution >= 4 is 5.78 Å². The third-order valence-electron chi connectivity index (χ3n) is 3.95. The molecule has 1 atom stereocenters. The molecule has 1 heteroatoms. The zero-order chi connectivity index (χ0) is 13.7. The lowest BCUT2D eigenvalue weighted by atomic mass is 9.71. The molecule has 0 saturated heterocycles. The summed E-state index contributed by atoms with van der Waals surface area (Å²) in [5.41, 5.74) is 1.93. The summed E-state index contributed by atoms with van der Waals surface area (Å²) in [6.07, 6.45) is 1.59. The molecule has 0 aromatic heterocycles. The fourth-order valence-electron chi connectivity index (χ4n) is 2.71. The standard InChI is InChI=1S/C18H20O/c1-3-18(15(2)19,17-12-8-5-9-13-17)14-16-10-6-4-7-11-16/h4-13H,3,14H2,1-2H3/t18-/m1/s1. The van der Waals surface area contributed by atoms with E-state index in [0.29, 0.717) is 0 Å². The second kappa shape index (κ2) is 5.83. The predicted molar refractivity (Wildman–Crippen MR) is 79.2 cm³/mol. The van der Waals surface area contributed by atoms with E-state index in [1.165, 1.54) is 5.56 Å². The van der Waals surface area contributed by atoms with Crippen LogP contribution in [-0.4, -0.2) is 5.78 Å². The molecule has 1 nitrogen and oxygen atoms in total. The van der Waals surface area contributed by atoms with Gasteiger partial charge in [-0.3, -0.25) is 4.79 Å². The maximum Gasteiger partial charge on any atom is 0.140 e. The lowest BCUT2D eigenvalue weighted by Gasteiger charge is -2.31. The lowest BCUT2D eigenvalue weighted by Crippen LogP contribution is -2.36. The van der Waals surface area contributed by atoms with E-state index in [0.717, 1.165) is 18.4 Å². The van der Waals surface area contributed by atoms with Gasteiger partial charge < -0.3 is 0 Å².